The van der Waals surface area contributed by atoms with E-state index < -0.39 is 0 Å². The highest BCUT2D eigenvalue weighted by atomic mass is 16.4. The predicted molar refractivity (Wildman–Crippen MR) is 45.5 cm³/mol. The van der Waals surface area contributed by atoms with Crippen LogP contribution >= 0.6 is 0 Å². The second kappa shape index (κ2) is 2.65. The number of hydrogen-bond donors (Lipinski definition) is 2. The molecule has 0 saturated carbocycles. The summed E-state index contributed by atoms with van der Waals surface area (Å²) in [7, 11) is 0. The minimum Gasteiger partial charge on any atom is -0.411 e. The molecule has 4 nitrogen and oxygen atoms in total. The molecule has 2 N–H and O–H groups in total. The molecular formula is C8H7N3O. The molecule has 0 aliphatic rings. The zero-order valence-electron chi connectivity index (χ0n) is 6.23. The van der Waals surface area contributed by atoms with Crippen molar-refractivity contribution in [3.63, 3.8) is 0 Å². The van der Waals surface area contributed by atoms with Gasteiger partial charge in [-0.1, -0.05) is 5.16 Å². The Morgan fingerprint density at radius 2 is 2.50 bits per heavy atom. The molecule has 0 spiro atoms. The zero-order valence-corrected chi connectivity index (χ0v) is 6.23. The van der Waals surface area contributed by atoms with Gasteiger partial charge in [0.1, 0.15) is 0 Å². The Labute approximate surface area is 68.6 Å². The van der Waals surface area contributed by atoms with Crippen molar-refractivity contribution in [2.45, 2.75) is 0 Å². The standard InChI is InChI=1S/C8H7N3O/c12-11-4-6-3-10-8-5-9-2-1-7(6)8/h1-5,10,12H. The van der Waals surface area contributed by atoms with Crippen LogP contribution in [0.3, 0.4) is 0 Å². The monoisotopic (exact) mass is 161 g/mol. The number of fused-ring (bicyclic) bond motifs is 1. The van der Waals surface area contributed by atoms with Crippen LogP contribution in [0, 0.1) is 0 Å². The first-order chi connectivity index (χ1) is 5.92. The van der Waals surface area contributed by atoms with E-state index in [4.69, 9.17) is 5.21 Å². The number of nitrogens with one attached hydrogen (secondary N) is 1. The lowest BCUT2D eigenvalue weighted by atomic mass is 10.2. The van der Waals surface area contributed by atoms with Crippen LogP contribution in [-0.2, 0) is 0 Å². The number of oxime groups is 1. The van der Waals surface area contributed by atoms with E-state index in [9.17, 15) is 0 Å². The van der Waals surface area contributed by atoms with Gasteiger partial charge in [0.15, 0.2) is 0 Å². The molecule has 0 fully saturated rings. The molecule has 12 heavy (non-hydrogen) atoms. The maximum atomic E-state index is 8.34. The van der Waals surface area contributed by atoms with E-state index in [1.807, 2.05) is 6.07 Å². The Hall–Kier alpha value is -1.84. The summed E-state index contributed by atoms with van der Waals surface area (Å²) in [6, 6.07) is 1.86. The SMILES string of the molecule is ON=Cc1c[nH]c2cnccc12. The van der Waals surface area contributed by atoms with Crippen LogP contribution < -0.4 is 0 Å². The van der Waals surface area contributed by atoms with Crippen molar-refractivity contribution in [1.29, 1.82) is 0 Å². The first-order valence-corrected chi connectivity index (χ1v) is 3.50. The highest BCUT2D eigenvalue weighted by Crippen LogP contribution is 2.14. The van der Waals surface area contributed by atoms with Gasteiger partial charge in [0.25, 0.3) is 0 Å². The number of rotatable bonds is 1. The summed E-state index contributed by atoms with van der Waals surface area (Å²) >= 11 is 0. The Morgan fingerprint density at radius 1 is 1.58 bits per heavy atom. The molecule has 0 saturated heterocycles. The number of aromatic nitrogens is 2. The normalized spacial score (nSPS) is 11.3. The number of H-pyrrole nitrogens is 1. The average molecular weight is 161 g/mol. The van der Waals surface area contributed by atoms with Crippen molar-refractivity contribution in [3.05, 3.63) is 30.2 Å². The van der Waals surface area contributed by atoms with Crippen molar-refractivity contribution in [2.75, 3.05) is 0 Å². The highest BCUT2D eigenvalue weighted by molar-refractivity contribution is 5.98. The molecule has 0 atom stereocenters. The minimum absolute atomic E-state index is 0.856. The van der Waals surface area contributed by atoms with Crippen molar-refractivity contribution < 1.29 is 5.21 Å². The molecule has 0 amide bonds. The van der Waals surface area contributed by atoms with Crippen LogP contribution in [0.5, 0.6) is 0 Å². The zero-order chi connectivity index (χ0) is 8.39. The summed E-state index contributed by atoms with van der Waals surface area (Å²) in [5.41, 5.74) is 1.79. The van der Waals surface area contributed by atoms with Gasteiger partial charge in [-0.2, -0.15) is 0 Å². The number of pyridine rings is 1. The maximum Gasteiger partial charge on any atom is 0.0755 e. The van der Waals surface area contributed by atoms with Crippen LogP contribution in [-0.4, -0.2) is 21.4 Å². The van der Waals surface area contributed by atoms with E-state index in [1.165, 1.54) is 6.21 Å². The van der Waals surface area contributed by atoms with Gasteiger partial charge in [-0.25, -0.2) is 0 Å². The lowest BCUT2D eigenvalue weighted by Crippen LogP contribution is -1.76. The summed E-state index contributed by atoms with van der Waals surface area (Å²) in [5, 5.41) is 12.3. The van der Waals surface area contributed by atoms with Gasteiger partial charge in [-0.15, -0.1) is 0 Å². The summed E-state index contributed by atoms with van der Waals surface area (Å²) in [6.45, 7) is 0. The van der Waals surface area contributed by atoms with Crippen molar-refractivity contribution >= 4 is 17.1 Å². The molecule has 0 aliphatic heterocycles. The van der Waals surface area contributed by atoms with Crippen molar-refractivity contribution in [2.24, 2.45) is 5.16 Å². The fraction of sp³-hybridized carbons (Fsp3) is 0. The smallest absolute Gasteiger partial charge is 0.0755 e. The average Bonchev–Trinajstić information content (AvgIpc) is 2.50. The van der Waals surface area contributed by atoms with Gasteiger partial charge in [0.05, 0.1) is 17.9 Å². The van der Waals surface area contributed by atoms with E-state index >= 15 is 0 Å². The van der Waals surface area contributed by atoms with Gasteiger partial charge in [-0.3, -0.25) is 4.98 Å². The van der Waals surface area contributed by atoms with Crippen molar-refractivity contribution in [3.8, 4) is 0 Å². The summed E-state index contributed by atoms with van der Waals surface area (Å²) < 4.78 is 0. The molecule has 2 rings (SSSR count). The molecule has 0 aliphatic carbocycles. The van der Waals surface area contributed by atoms with Gasteiger partial charge in [-0.05, 0) is 6.07 Å². The quantitative estimate of drug-likeness (QED) is 0.377. The third-order valence-corrected chi connectivity index (χ3v) is 1.71. The second-order valence-corrected chi connectivity index (χ2v) is 2.41. The lowest BCUT2D eigenvalue weighted by Gasteiger charge is -1.87. The molecule has 0 unspecified atom stereocenters. The Kier molecular flexibility index (Phi) is 1.51. The maximum absolute atomic E-state index is 8.34. The first kappa shape index (κ1) is 6.84. The Balaban J connectivity index is 2.70. The number of nitrogens with zero attached hydrogens (tertiary/aromatic N) is 2. The molecule has 0 bridgehead atoms. The van der Waals surface area contributed by atoms with E-state index in [2.05, 4.69) is 15.1 Å². The molecule has 0 aromatic carbocycles. The lowest BCUT2D eigenvalue weighted by molar-refractivity contribution is 0.322. The van der Waals surface area contributed by atoms with Crippen molar-refractivity contribution in [1.82, 2.24) is 9.97 Å². The molecule has 4 heteroatoms. The molecule has 60 valence electrons. The molecule has 2 heterocycles. The minimum atomic E-state index is 0.856. The Bertz CT molecular complexity index is 419. The van der Waals surface area contributed by atoms with Gasteiger partial charge >= 0.3 is 0 Å². The largest absolute Gasteiger partial charge is 0.411 e. The van der Waals surface area contributed by atoms with E-state index in [-0.39, 0.29) is 0 Å². The predicted octanol–water partition coefficient (Wildman–Crippen LogP) is 1.37. The Morgan fingerprint density at radius 3 is 3.33 bits per heavy atom. The van der Waals surface area contributed by atoms with E-state index in [0.29, 0.717) is 0 Å². The molecule has 2 aromatic heterocycles. The highest BCUT2D eigenvalue weighted by Gasteiger charge is 1.99. The number of aromatic amines is 1. The van der Waals surface area contributed by atoms with Crippen LogP contribution in [0.25, 0.3) is 10.9 Å². The third-order valence-electron chi connectivity index (χ3n) is 1.71. The van der Waals surface area contributed by atoms with Crippen LogP contribution in [0.1, 0.15) is 5.56 Å². The van der Waals surface area contributed by atoms with E-state index in [0.717, 1.165) is 16.5 Å². The van der Waals surface area contributed by atoms with Gasteiger partial charge < -0.3 is 10.2 Å². The molecule has 2 aromatic rings. The van der Waals surface area contributed by atoms with Gasteiger partial charge in [0, 0.05) is 23.3 Å². The fourth-order valence-electron chi connectivity index (χ4n) is 1.16. The fourth-order valence-corrected chi connectivity index (χ4v) is 1.16. The second-order valence-electron chi connectivity index (χ2n) is 2.41. The van der Waals surface area contributed by atoms with Gasteiger partial charge in [0.2, 0.25) is 0 Å². The summed E-state index contributed by atoms with van der Waals surface area (Å²) in [4.78, 5) is 6.96. The van der Waals surface area contributed by atoms with Crippen LogP contribution in [0.15, 0.2) is 29.8 Å². The third kappa shape index (κ3) is 0.934. The molecule has 0 radical (unpaired) electrons. The topological polar surface area (TPSA) is 61.3 Å². The summed E-state index contributed by atoms with van der Waals surface area (Å²) in [6.07, 6.45) is 6.58. The number of hydrogen-bond acceptors (Lipinski definition) is 3. The summed E-state index contributed by atoms with van der Waals surface area (Å²) in [5.74, 6) is 0. The van der Waals surface area contributed by atoms with Crippen LogP contribution in [0.2, 0.25) is 0 Å². The van der Waals surface area contributed by atoms with E-state index in [1.54, 1.807) is 18.6 Å². The van der Waals surface area contributed by atoms with Crippen LogP contribution in [0.4, 0.5) is 0 Å². The first-order valence-electron chi connectivity index (χ1n) is 3.50. The molecular weight excluding hydrogens is 154 g/mol.